The number of benzene rings is 2. The summed E-state index contributed by atoms with van der Waals surface area (Å²) in [5.74, 6) is 0. The summed E-state index contributed by atoms with van der Waals surface area (Å²) in [7, 11) is -3.73. The molecule has 28 heavy (non-hydrogen) atoms. The Hall–Kier alpha value is -2.97. The first kappa shape index (κ1) is 18.4. The van der Waals surface area contributed by atoms with Crippen LogP contribution >= 0.6 is 11.3 Å². The van der Waals surface area contributed by atoms with Gasteiger partial charge in [-0.1, -0.05) is 42.5 Å². The van der Waals surface area contributed by atoms with Crippen LogP contribution in [0.4, 0.5) is 5.69 Å². The van der Waals surface area contributed by atoms with Crippen molar-refractivity contribution in [3.63, 3.8) is 0 Å². The zero-order valence-electron chi connectivity index (χ0n) is 15.3. The second kappa shape index (κ2) is 7.21. The lowest BCUT2D eigenvalue weighted by atomic mass is 10.1. The van der Waals surface area contributed by atoms with Gasteiger partial charge in [0.25, 0.3) is 10.0 Å². The number of anilines is 1. The summed E-state index contributed by atoms with van der Waals surface area (Å²) in [6.45, 7) is 3.35. The number of hydrogen-bond acceptors (Lipinski definition) is 5. The maximum Gasteiger partial charge on any atom is 0.265 e. The summed E-state index contributed by atoms with van der Waals surface area (Å²) in [5.41, 5.74) is 4.13. The highest BCUT2D eigenvalue weighted by atomic mass is 32.2. The molecule has 0 aliphatic heterocycles. The van der Waals surface area contributed by atoms with E-state index in [2.05, 4.69) is 14.9 Å². The molecule has 0 atom stereocenters. The van der Waals surface area contributed by atoms with Gasteiger partial charge in [0.15, 0.2) is 0 Å². The third-order valence-electron chi connectivity index (χ3n) is 4.26. The molecule has 2 heterocycles. The number of aromatic amines is 1. The van der Waals surface area contributed by atoms with Crippen LogP contribution < -0.4 is 4.72 Å². The van der Waals surface area contributed by atoms with Crippen LogP contribution in [0.5, 0.6) is 0 Å². The lowest BCUT2D eigenvalue weighted by Crippen LogP contribution is -2.14. The highest BCUT2D eigenvalue weighted by molar-refractivity contribution is 7.92. The predicted molar refractivity (Wildman–Crippen MR) is 112 cm³/mol. The Morgan fingerprint density at radius 3 is 2.46 bits per heavy atom. The van der Waals surface area contributed by atoms with Gasteiger partial charge in [-0.15, -0.1) is 11.3 Å². The van der Waals surface area contributed by atoms with E-state index in [0.29, 0.717) is 17.1 Å². The topological polar surface area (TPSA) is 87.7 Å². The summed E-state index contributed by atoms with van der Waals surface area (Å²) in [6, 6.07) is 17.2. The standard InChI is InChI=1S/C20H18N4O2S2/c1-13-19(14(2)23-22-13)28(25,26)24-17-10-6-9-16(11-17)18-12-27-20(21-18)15-7-4-3-5-8-15/h3-12,24H,1-2H3,(H,22,23). The summed E-state index contributed by atoms with van der Waals surface area (Å²) in [4.78, 5) is 4.87. The normalized spacial score (nSPS) is 11.5. The van der Waals surface area contributed by atoms with Crippen molar-refractivity contribution in [2.45, 2.75) is 18.7 Å². The van der Waals surface area contributed by atoms with Crippen molar-refractivity contribution >= 4 is 27.0 Å². The van der Waals surface area contributed by atoms with Crippen LogP contribution in [0.3, 0.4) is 0 Å². The van der Waals surface area contributed by atoms with Crippen LogP contribution in [0, 0.1) is 13.8 Å². The van der Waals surface area contributed by atoms with Gasteiger partial charge in [0.2, 0.25) is 0 Å². The molecular weight excluding hydrogens is 392 g/mol. The Morgan fingerprint density at radius 1 is 1.00 bits per heavy atom. The van der Waals surface area contributed by atoms with E-state index in [4.69, 9.17) is 4.98 Å². The molecule has 2 aromatic carbocycles. The van der Waals surface area contributed by atoms with Gasteiger partial charge in [-0.05, 0) is 26.0 Å². The second-order valence-electron chi connectivity index (χ2n) is 6.35. The van der Waals surface area contributed by atoms with E-state index in [-0.39, 0.29) is 4.90 Å². The van der Waals surface area contributed by atoms with Crippen molar-refractivity contribution in [2.24, 2.45) is 0 Å². The number of aryl methyl sites for hydroxylation is 2. The maximum atomic E-state index is 12.8. The molecule has 0 bridgehead atoms. The molecule has 0 radical (unpaired) electrons. The Bertz CT molecular complexity index is 1210. The fourth-order valence-corrected chi connectivity index (χ4v) is 5.26. The minimum atomic E-state index is -3.73. The largest absolute Gasteiger partial charge is 0.281 e. The molecule has 0 fully saturated rings. The Labute approximate surface area is 167 Å². The lowest BCUT2D eigenvalue weighted by Gasteiger charge is -2.09. The van der Waals surface area contributed by atoms with Gasteiger partial charge in [-0.3, -0.25) is 9.82 Å². The predicted octanol–water partition coefficient (Wildman–Crippen LogP) is 4.62. The van der Waals surface area contributed by atoms with E-state index in [1.807, 2.05) is 47.8 Å². The van der Waals surface area contributed by atoms with E-state index >= 15 is 0 Å². The zero-order valence-corrected chi connectivity index (χ0v) is 16.9. The van der Waals surface area contributed by atoms with Gasteiger partial charge >= 0.3 is 0 Å². The van der Waals surface area contributed by atoms with E-state index < -0.39 is 10.0 Å². The number of hydrogen-bond donors (Lipinski definition) is 2. The smallest absolute Gasteiger partial charge is 0.265 e. The molecule has 2 aromatic heterocycles. The second-order valence-corrected chi connectivity index (χ2v) is 8.83. The number of aromatic nitrogens is 3. The molecule has 0 saturated heterocycles. The summed E-state index contributed by atoms with van der Waals surface area (Å²) >= 11 is 1.56. The van der Waals surface area contributed by atoms with Crippen LogP contribution in [0.2, 0.25) is 0 Å². The summed E-state index contributed by atoms with van der Waals surface area (Å²) < 4.78 is 28.2. The molecule has 4 rings (SSSR count). The van der Waals surface area contributed by atoms with Gasteiger partial charge in [0.05, 0.1) is 17.1 Å². The monoisotopic (exact) mass is 410 g/mol. The lowest BCUT2D eigenvalue weighted by molar-refractivity contribution is 0.600. The molecule has 0 saturated carbocycles. The fourth-order valence-electron chi connectivity index (χ4n) is 3.00. The van der Waals surface area contributed by atoms with Crippen LogP contribution in [0.25, 0.3) is 21.8 Å². The van der Waals surface area contributed by atoms with Gasteiger partial charge in [-0.25, -0.2) is 13.4 Å². The van der Waals surface area contributed by atoms with Gasteiger partial charge in [-0.2, -0.15) is 5.10 Å². The van der Waals surface area contributed by atoms with Crippen LogP contribution in [0.1, 0.15) is 11.4 Å². The number of thiazole rings is 1. The van der Waals surface area contributed by atoms with Gasteiger partial charge < -0.3 is 0 Å². The van der Waals surface area contributed by atoms with E-state index in [0.717, 1.165) is 21.8 Å². The van der Waals surface area contributed by atoms with Crippen molar-refractivity contribution in [3.8, 4) is 21.8 Å². The van der Waals surface area contributed by atoms with Crippen molar-refractivity contribution in [1.29, 1.82) is 0 Å². The van der Waals surface area contributed by atoms with E-state index in [1.165, 1.54) is 0 Å². The number of nitrogens with one attached hydrogen (secondary N) is 2. The van der Waals surface area contributed by atoms with Crippen molar-refractivity contribution in [3.05, 3.63) is 71.4 Å². The highest BCUT2D eigenvalue weighted by Crippen LogP contribution is 2.30. The quantitative estimate of drug-likeness (QED) is 0.503. The molecular formula is C20H18N4O2S2. The Kier molecular flexibility index (Phi) is 4.74. The third-order valence-corrected chi connectivity index (χ3v) is 6.80. The number of nitrogens with zero attached hydrogens (tertiary/aromatic N) is 2. The Morgan fingerprint density at radius 2 is 1.75 bits per heavy atom. The average molecular weight is 411 g/mol. The first-order valence-electron chi connectivity index (χ1n) is 8.60. The number of rotatable bonds is 5. The molecule has 0 unspecified atom stereocenters. The molecule has 142 valence electrons. The van der Waals surface area contributed by atoms with Crippen molar-refractivity contribution in [2.75, 3.05) is 4.72 Å². The first-order valence-corrected chi connectivity index (χ1v) is 11.0. The van der Waals surface area contributed by atoms with Crippen LogP contribution in [-0.4, -0.2) is 23.6 Å². The fraction of sp³-hybridized carbons (Fsp3) is 0.100. The maximum absolute atomic E-state index is 12.8. The molecule has 4 aromatic rings. The summed E-state index contributed by atoms with van der Waals surface area (Å²) in [6.07, 6.45) is 0. The third kappa shape index (κ3) is 3.56. The molecule has 0 aliphatic carbocycles. The first-order chi connectivity index (χ1) is 13.4. The van der Waals surface area contributed by atoms with Gasteiger partial charge in [0.1, 0.15) is 9.90 Å². The molecule has 0 spiro atoms. The van der Waals surface area contributed by atoms with E-state index in [9.17, 15) is 8.42 Å². The minimum absolute atomic E-state index is 0.179. The average Bonchev–Trinajstić information content (AvgIpc) is 3.29. The number of sulfonamides is 1. The number of H-pyrrole nitrogens is 1. The zero-order chi connectivity index (χ0) is 19.7. The molecule has 0 amide bonds. The molecule has 2 N–H and O–H groups in total. The molecule has 6 nitrogen and oxygen atoms in total. The summed E-state index contributed by atoms with van der Waals surface area (Å²) in [5, 5.41) is 9.57. The Balaban J connectivity index is 1.63. The molecule has 8 heteroatoms. The van der Waals surface area contributed by atoms with Crippen molar-refractivity contribution in [1.82, 2.24) is 15.2 Å². The minimum Gasteiger partial charge on any atom is -0.281 e. The van der Waals surface area contributed by atoms with Crippen molar-refractivity contribution < 1.29 is 8.42 Å². The van der Waals surface area contributed by atoms with Crippen LogP contribution in [0.15, 0.2) is 64.9 Å². The SMILES string of the molecule is Cc1n[nH]c(C)c1S(=O)(=O)Nc1cccc(-c2csc(-c3ccccc3)n2)c1. The van der Waals surface area contributed by atoms with Gasteiger partial charge in [0, 0.05) is 22.2 Å². The molecule has 0 aliphatic rings. The van der Waals surface area contributed by atoms with Crippen LogP contribution in [-0.2, 0) is 10.0 Å². The van der Waals surface area contributed by atoms with E-state index in [1.54, 1.807) is 37.3 Å². The highest BCUT2D eigenvalue weighted by Gasteiger charge is 2.22.